The number of anilines is 1. The zero-order valence-electron chi connectivity index (χ0n) is 15.3. The Bertz CT molecular complexity index is 991. The van der Waals surface area contributed by atoms with Gasteiger partial charge in [0.25, 0.3) is 0 Å². The standard InChI is InChI=1S/C22H20ClNO3/c1-22(2)9-16-21(17(25)10-22)20(12-3-5-13(23)6-4-12)14-7-18-19(27-11-26-18)8-15(14)24-16/h3-8,20,24H,9-11H2,1-2H3. The minimum atomic E-state index is -0.133. The molecule has 27 heavy (non-hydrogen) atoms. The van der Waals surface area contributed by atoms with E-state index in [4.69, 9.17) is 21.1 Å². The van der Waals surface area contributed by atoms with Gasteiger partial charge >= 0.3 is 0 Å². The lowest BCUT2D eigenvalue weighted by atomic mass is 9.69. The van der Waals surface area contributed by atoms with Crippen LogP contribution in [0.4, 0.5) is 5.69 Å². The largest absolute Gasteiger partial charge is 0.454 e. The summed E-state index contributed by atoms with van der Waals surface area (Å²) in [6.45, 7) is 4.51. The molecule has 0 fully saturated rings. The second kappa shape index (κ2) is 5.77. The molecule has 0 saturated carbocycles. The van der Waals surface area contributed by atoms with Crippen LogP contribution in [0.2, 0.25) is 5.02 Å². The van der Waals surface area contributed by atoms with Crippen LogP contribution in [0.3, 0.4) is 0 Å². The van der Waals surface area contributed by atoms with Crippen LogP contribution >= 0.6 is 11.6 Å². The fourth-order valence-electron chi connectivity index (χ4n) is 4.41. The van der Waals surface area contributed by atoms with Gasteiger partial charge in [-0.3, -0.25) is 4.79 Å². The highest BCUT2D eigenvalue weighted by Crippen LogP contribution is 2.51. The SMILES string of the molecule is CC1(C)CC(=O)C2=C(C1)Nc1cc3c(cc1C2c1ccc(Cl)cc1)OCO3. The second-order valence-electron chi connectivity index (χ2n) is 8.24. The number of benzene rings is 2. The van der Waals surface area contributed by atoms with Crippen molar-refractivity contribution >= 4 is 23.1 Å². The normalized spacial score (nSPS) is 22.2. The van der Waals surface area contributed by atoms with Crippen molar-refractivity contribution in [3.8, 4) is 11.5 Å². The van der Waals surface area contributed by atoms with Gasteiger partial charge in [-0.2, -0.15) is 0 Å². The van der Waals surface area contributed by atoms with Gasteiger partial charge in [0.05, 0.1) is 0 Å². The predicted octanol–water partition coefficient (Wildman–Crippen LogP) is 5.27. The topological polar surface area (TPSA) is 47.6 Å². The monoisotopic (exact) mass is 381 g/mol. The Labute approximate surface area is 163 Å². The Kier molecular flexibility index (Phi) is 3.57. The highest BCUT2D eigenvalue weighted by molar-refractivity contribution is 6.30. The summed E-state index contributed by atoms with van der Waals surface area (Å²) >= 11 is 6.10. The van der Waals surface area contributed by atoms with Gasteiger partial charge in [0.15, 0.2) is 17.3 Å². The van der Waals surface area contributed by atoms with Gasteiger partial charge in [-0.25, -0.2) is 0 Å². The van der Waals surface area contributed by atoms with E-state index in [9.17, 15) is 4.79 Å². The van der Waals surface area contributed by atoms with Crippen LogP contribution in [0.1, 0.15) is 43.7 Å². The van der Waals surface area contributed by atoms with Gasteiger partial charge < -0.3 is 14.8 Å². The molecule has 1 unspecified atom stereocenters. The third-order valence-electron chi connectivity index (χ3n) is 5.55. The number of hydrogen-bond donors (Lipinski definition) is 1. The van der Waals surface area contributed by atoms with Crippen molar-refractivity contribution < 1.29 is 14.3 Å². The fraction of sp³-hybridized carbons (Fsp3) is 0.318. The van der Waals surface area contributed by atoms with Gasteiger partial charge in [0.1, 0.15) is 0 Å². The summed E-state index contributed by atoms with van der Waals surface area (Å²) in [5.41, 5.74) is 4.89. The Balaban J connectivity index is 1.72. The Morgan fingerprint density at radius 3 is 2.52 bits per heavy atom. The lowest BCUT2D eigenvalue weighted by Gasteiger charge is -2.39. The van der Waals surface area contributed by atoms with Crippen molar-refractivity contribution in [3.63, 3.8) is 0 Å². The first-order valence-electron chi connectivity index (χ1n) is 9.14. The number of hydrogen-bond acceptors (Lipinski definition) is 4. The summed E-state index contributed by atoms with van der Waals surface area (Å²) in [6, 6.07) is 11.7. The minimum absolute atomic E-state index is 0.0543. The number of fused-ring (bicyclic) bond motifs is 2. The maximum atomic E-state index is 13.2. The first kappa shape index (κ1) is 16.7. The van der Waals surface area contributed by atoms with E-state index in [0.717, 1.165) is 46.0 Å². The summed E-state index contributed by atoms with van der Waals surface area (Å²) in [5, 5.41) is 4.21. The molecule has 3 aliphatic rings. The van der Waals surface area contributed by atoms with Crippen molar-refractivity contribution in [1.82, 2.24) is 0 Å². The Morgan fingerprint density at radius 1 is 1.07 bits per heavy atom. The molecular formula is C22H20ClNO3. The summed E-state index contributed by atoms with van der Waals surface area (Å²) in [5.74, 6) is 1.53. The highest BCUT2D eigenvalue weighted by atomic mass is 35.5. The smallest absolute Gasteiger partial charge is 0.231 e. The van der Waals surface area contributed by atoms with Crippen molar-refractivity contribution in [2.45, 2.75) is 32.6 Å². The summed E-state index contributed by atoms with van der Waals surface area (Å²) in [4.78, 5) is 13.2. The number of allylic oxidation sites excluding steroid dienone is 2. The van der Waals surface area contributed by atoms with Gasteiger partial charge in [-0.1, -0.05) is 37.6 Å². The van der Waals surface area contributed by atoms with E-state index in [-0.39, 0.29) is 23.9 Å². The van der Waals surface area contributed by atoms with Crippen LogP contribution in [0.25, 0.3) is 0 Å². The number of nitrogens with one attached hydrogen (secondary N) is 1. The quantitative estimate of drug-likeness (QED) is 0.731. The molecule has 0 bridgehead atoms. The predicted molar refractivity (Wildman–Crippen MR) is 105 cm³/mol. The summed E-state index contributed by atoms with van der Waals surface area (Å²) < 4.78 is 11.1. The molecule has 0 aromatic heterocycles. The van der Waals surface area contributed by atoms with Gasteiger partial charge in [-0.05, 0) is 41.2 Å². The van der Waals surface area contributed by atoms with E-state index in [1.54, 1.807) is 0 Å². The average Bonchev–Trinajstić information content (AvgIpc) is 3.05. The minimum Gasteiger partial charge on any atom is -0.454 e. The molecule has 5 heteroatoms. The van der Waals surface area contributed by atoms with Crippen molar-refractivity contribution in [1.29, 1.82) is 0 Å². The number of Topliss-reactive ketones (excluding diaryl/α,β-unsaturated/α-hetero) is 1. The molecule has 2 aliphatic heterocycles. The third kappa shape index (κ3) is 2.71. The molecule has 0 saturated heterocycles. The first-order valence-corrected chi connectivity index (χ1v) is 9.51. The van der Waals surface area contributed by atoms with Crippen LogP contribution in [0.15, 0.2) is 47.7 Å². The number of halogens is 1. The zero-order valence-corrected chi connectivity index (χ0v) is 16.0. The molecule has 1 atom stereocenters. The van der Waals surface area contributed by atoms with E-state index in [1.165, 1.54) is 0 Å². The second-order valence-corrected chi connectivity index (χ2v) is 8.67. The maximum absolute atomic E-state index is 13.2. The number of carbonyl (C=O) groups excluding carboxylic acids is 1. The molecule has 5 rings (SSSR count). The van der Waals surface area contributed by atoms with E-state index < -0.39 is 0 Å². The van der Waals surface area contributed by atoms with Crippen LogP contribution in [0, 0.1) is 5.41 Å². The average molecular weight is 382 g/mol. The maximum Gasteiger partial charge on any atom is 0.231 e. The molecule has 2 aromatic rings. The summed E-state index contributed by atoms with van der Waals surface area (Å²) in [6.07, 6.45) is 1.39. The van der Waals surface area contributed by atoms with E-state index >= 15 is 0 Å². The summed E-state index contributed by atoms with van der Waals surface area (Å²) in [7, 11) is 0. The van der Waals surface area contributed by atoms with Gasteiger partial charge in [0, 0.05) is 40.4 Å². The molecule has 2 heterocycles. The Morgan fingerprint density at radius 2 is 1.78 bits per heavy atom. The highest BCUT2D eigenvalue weighted by Gasteiger charge is 2.41. The molecular weight excluding hydrogens is 362 g/mol. The van der Waals surface area contributed by atoms with E-state index in [0.29, 0.717) is 11.4 Å². The fourth-order valence-corrected chi connectivity index (χ4v) is 4.53. The number of rotatable bonds is 1. The van der Waals surface area contributed by atoms with Crippen LogP contribution < -0.4 is 14.8 Å². The lowest BCUT2D eigenvalue weighted by Crippen LogP contribution is -2.33. The van der Waals surface area contributed by atoms with Crippen LogP contribution in [-0.2, 0) is 4.79 Å². The first-order chi connectivity index (χ1) is 12.9. The molecule has 1 aliphatic carbocycles. The van der Waals surface area contributed by atoms with Crippen LogP contribution in [0.5, 0.6) is 11.5 Å². The van der Waals surface area contributed by atoms with Crippen LogP contribution in [-0.4, -0.2) is 12.6 Å². The molecule has 0 spiro atoms. The molecule has 0 radical (unpaired) electrons. The van der Waals surface area contributed by atoms with Crippen molar-refractivity contribution in [2.75, 3.05) is 12.1 Å². The van der Waals surface area contributed by atoms with E-state index in [1.807, 2.05) is 36.4 Å². The lowest BCUT2D eigenvalue weighted by molar-refractivity contribution is -0.118. The van der Waals surface area contributed by atoms with Crippen molar-refractivity contribution in [2.24, 2.45) is 5.41 Å². The number of carbonyl (C=O) groups is 1. The molecule has 4 nitrogen and oxygen atoms in total. The third-order valence-corrected chi connectivity index (χ3v) is 5.81. The molecule has 1 N–H and O–H groups in total. The zero-order chi connectivity index (χ0) is 18.8. The number of ether oxygens (including phenoxy) is 2. The number of ketones is 1. The van der Waals surface area contributed by atoms with Gasteiger partial charge in [-0.15, -0.1) is 0 Å². The molecule has 0 amide bonds. The Hall–Kier alpha value is -2.46. The van der Waals surface area contributed by atoms with E-state index in [2.05, 4.69) is 19.2 Å². The van der Waals surface area contributed by atoms with Crippen molar-refractivity contribution in [3.05, 3.63) is 63.8 Å². The van der Waals surface area contributed by atoms with Gasteiger partial charge in [0.2, 0.25) is 6.79 Å². The molecule has 2 aromatic carbocycles. The molecule has 138 valence electrons.